The molecule has 26 heavy (non-hydrogen) atoms. The normalized spacial score (nSPS) is 14.7. The molecule has 1 heterocycles. The third-order valence-corrected chi connectivity index (χ3v) is 5.29. The van der Waals surface area contributed by atoms with Gasteiger partial charge >= 0.3 is 0 Å². The highest BCUT2D eigenvalue weighted by atomic mass is 16.5. The van der Waals surface area contributed by atoms with Crippen molar-refractivity contribution in [2.24, 2.45) is 5.92 Å². The Kier molecular flexibility index (Phi) is 6.51. The Bertz CT molecular complexity index is 716. The SMILES string of the molecule is COCCN(Cc1cccn1Cc1cccc(C)c1)C(=O)C1CCCC1. The van der Waals surface area contributed by atoms with E-state index in [1.807, 2.05) is 4.90 Å². The summed E-state index contributed by atoms with van der Waals surface area (Å²) >= 11 is 0. The van der Waals surface area contributed by atoms with Crippen LogP contribution in [-0.4, -0.2) is 35.6 Å². The number of hydrogen-bond acceptors (Lipinski definition) is 2. The van der Waals surface area contributed by atoms with E-state index in [1.165, 1.54) is 29.7 Å². The zero-order chi connectivity index (χ0) is 18.4. The molecule has 1 aromatic heterocycles. The van der Waals surface area contributed by atoms with E-state index >= 15 is 0 Å². The molecule has 0 unspecified atom stereocenters. The third kappa shape index (κ3) is 4.76. The highest BCUT2D eigenvalue weighted by Crippen LogP contribution is 2.27. The van der Waals surface area contributed by atoms with Crippen molar-refractivity contribution in [1.29, 1.82) is 0 Å². The number of nitrogens with zero attached hydrogens (tertiary/aromatic N) is 2. The summed E-state index contributed by atoms with van der Waals surface area (Å²) in [6.45, 7) is 4.84. The first-order valence-corrected chi connectivity index (χ1v) is 9.64. The molecule has 0 bridgehead atoms. The van der Waals surface area contributed by atoms with E-state index in [1.54, 1.807) is 7.11 Å². The topological polar surface area (TPSA) is 34.5 Å². The lowest BCUT2D eigenvalue weighted by Crippen LogP contribution is -2.37. The fourth-order valence-corrected chi connectivity index (χ4v) is 3.85. The monoisotopic (exact) mass is 354 g/mol. The quantitative estimate of drug-likeness (QED) is 0.718. The van der Waals surface area contributed by atoms with Crippen LogP contribution in [0.25, 0.3) is 0 Å². The largest absolute Gasteiger partial charge is 0.383 e. The van der Waals surface area contributed by atoms with Gasteiger partial charge in [-0.05, 0) is 37.5 Å². The van der Waals surface area contributed by atoms with Crippen molar-refractivity contribution < 1.29 is 9.53 Å². The van der Waals surface area contributed by atoms with Gasteiger partial charge in [-0.2, -0.15) is 0 Å². The maximum absolute atomic E-state index is 13.0. The molecular weight excluding hydrogens is 324 g/mol. The van der Waals surface area contributed by atoms with Gasteiger partial charge in [0, 0.05) is 38.0 Å². The molecule has 0 atom stereocenters. The van der Waals surface area contributed by atoms with Crippen molar-refractivity contribution in [3.05, 3.63) is 59.4 Å². The lowest BCUT2D eigenvalue weighted by atomic mass is 10.1. The minimum absolute atomic E-state index is 0.201. The molecule has 0 aliphatic heterocycles. The summed E-state index contributed by atoms with van der Waals surface area (Å²) in [4.78, 5) is 14.9. The highest BCUT2D eigenvalue weighted by Gasteiger charge is 2.27. The first-order valence-electron chi connectivity index (χ1n) is 9.64. The van der Waals surface area contributed by atoms with E-state index < -0.39 is 0 Å². The van der Waals surface area contributed by atoms with Gasteiger partial charge < -0.3 is 14.2 Å². The Balaban J connectivity index is 1.72. The minimum Gasteiger partial charge on any atom is -0.383 e. The number of benzene rings is 1. The Hall–Kier alpha value is -2.07. The number of hydrogen-bond donors (Lipinski definition) is 0. The first-order chi connectivity index (χ1) is 12.7. The number of aromatic nitrogens is 1. The van der Waals surface area contributed by atoms with E-state index in [4.69, 9.17) is 4.74 Å². The van der Waals surface area contributed by atoms with Gasteiger partial charge in [-0.3, -0.25) is 4.79 Å². The van der Waals surface area contributed by atoms with E-state index in [0.29, 0.717) is 25.6 Å². The summed E-state index contributed by atoms with van der Waals surface area (Å²) in [6, 6.07) is 12.8. The molecule has 1 aromatic carbocycles. The number of carbonyl (C=O) groups excluding carboxylic acids is 1. The Morgan fingerprint density at radius 2 is 2.04 bits per heavy atom. The van der Waals surface area contributed by atoms with E-state index in [2.05, 4.69) is 54.1 Å². The molecule has 1 aliphatic rings. The molecule has 0 radical (unpaired) electrons. The van der Waals surface area contributed by atoms with Gasteiger partial charge in [0.05, 0.1) is 13.2 Å². The van der Waals surface area contributed by atoms with Crippen LogP contribution < -0.4 is 0 Å². The molecule has 0 saturated heterocycles. The molecule has 3 rings (SSSR count). The van der Waals surface area contributed by atoms with Gasteiger partial charge in [0.2, 0.25) is 5.91 Å². The van der Waals surface area contributed by atoms with Crippen LogP contribution in [0.1, 0.15) is 42.5 Å². The molecule has 4 nitrogen and oxygen atoms in total. The summed E-state index contributed by atoms with van der Waals surface area (Å²) in [5, 5.41) is 0. The fourth-order valence-electron chi connectivity index (χ4n) is 3.85. The smallest absolute Gasteiger partial charge is 0.226 e. The van der Waals surface area contributed by atoms with Crippen LogP contribution in [0, 0.1) is 12.8 Å². The summed E-state index contributed by atoms with van der Waals surface area (Å²) in [5.41, 5.74) is 3.73. The van der Waals surface area contributed by atoms with Gasteiger partial charge in [0.25, 0.3) is 0 Å². The number of aryl methyl sites for hydroxylation is 1. The average Bonchev–Trinajstić information content (AvgIpc) is 3.30. The molecular formula is C22H30N2O2. The van der Waals surface area contributed by atoms with Crippen molar-refractivity contribution in [3.8, 4) is 0 Å². The fraction of sp³-hybridized carbons (Fsp3) is 0.500. The van der Waals surface area contributed by atoms with Crippen molar-refractivity contribution in [2.45, 2.75) is 45.7 Å². The predicted octanol–water partition coefficient (Wildman–Crippen LogP) is 4.01. The molecule has 1 aliphatic carbocycles. The van der Waals surface area contributed by atoms with E-state index in [9.17, 15) is 4.79 Å². The van der Waals surface area contributed by atoms with Crippen LogP contribution >= 0.6 is 0 Å². The molecule has 140 valence electrons. The molecule has 4 heteroatoms. The lowest BCUT2D eigenvalue weighted by Gasteiger charge is -2.26. The summed E-state index contributed by atoms with van der Waals surface area (Å²) in [7, 11) is 1.69. The maximum atomic E-state index is 13.0. The van der Waals surface area contributed by atoms with E-state index in [0.717, 1.165) is 19.4 Å². The number of methoxy groups -OCH3 is 1. The lowest BCUT2D eigenvalue weighted by molar-refractivity contribution is -0.136. The van der Waals surface area contributed by atoms with Gasteiger partial charge in [-0.1, -0.05) is 42.7 Å². The molecule has 1 amide bonds. The molecule has 2 aromatic rings. The highest BCUT2D eigenvalue weighted by molar-refractivity contribution is 5.79. The van der Waals surface area contributed by atoms with Crippen molar-refractivity contribution >= 4 is 5.91 Å². The first kappa shape index (κ1) is 18.7. The zero-order valence-corrected chi connectivity index (χ0v) is 16.0. The van der Waals surface area contributed by atoms with Gasteiger partial charge in [-0.15, -0.1) is 0 Å². The predicted molar refractivity (Wildman–Crippen MR) is 104 cm³/mol. The van der Waals surface area contributed by atoms with Crippen molar-refractivity contribution in [2.75, 3.05) is 20.3 Å². The van der Waals surface area contributed by atoms with Crippen LogP contribution in [0.3, 0.4) is 0 Å². The number of carbonyl (C=O) groups is 1. The zero-order valence-electron chi connectivity index (χ0n) is 16.0. The Morgan fingerprint density at radius 3 is 2.77 bits per heavy atom. The van der Waals surface area contributed by atoms with Crippen molar-refractivity contribution in [3.63, 3.8) is 0 Å². The van der Waals surface area contributed by atoms with Crippen LogP contribution in [0.15, 0.2) is 42.6 Å². The second kappa shape index (κ2) is 9.04. The maximum Gasteiger partial charge on any atom is 0.226 e. The Labute approximate surface area is 156 Å². The average molecular weight is 354 g/mol. The molecule has 1 saturated carbocycles. The number of amides is 1. The summed E-state index contributed by atoms with van der Waals surface area (Å²) in [5.74, 6) is 0.495. The second-order valence-corrected chi connectivity index (χ2v) is 7.35. The van der Waals surface area contributed by atoms with Gasteiger partial charge in [-0.25, -0.2) is 0 Å². The van der Waals surface area contributed by atoms with Crippen LogP contribution in [0.2, 0.25) is 0 Å². The van der Waals surface area contributed by atoms with Gasteiger partial charge in [0.15, 0.2) is 0 Å². The van der Waals surface area contributed by atoms with Gasteiger partial charge in [0.1, 0.15) is 0 Å². The minimum atomic E-state index is 0.201. The summed E-state index contributed by atoms with van der Waals surface area (Å²) in [6.07, 6.45) is 6.53. The second-order valence-electron chi connectivity index (χ2n) is 7.35. The van der Waals surface area contributed by atoms with Crippen molar-refractivity contribution in [1.82, 2.24) is 9.47 Å². The Morgan fingerprint density at radius 1 is 1.23 bits per heavy atom. The summed E-state index contributed by atoms with van der Waals surface area (Å²) < 4.78 is 7.49. The van der Waals surface area contributed by atoms with Crippen LogP contribution in [0.4, 0.5) is 0 Å². The standard InChI is InChI=1S/C22H30N2O2/c1-18-7-5-8-19(15-18)16-23-12-6-11-21(23)17-24(13-14-26-2)22(25)20-9-3-4-10-20/h5-8,11-12,15,20H,3-4,9-10,13-14,16-17H2,1-2H3. The van der Waals surface area contributed by atoms with E-state index in [-0.39, 0.29) is 5.92 Å². The molecule has 0 spiro atoms. The van der Waals surface area contributed by atoms with Crippen LogP contribution in [-0.2, 0) is 22.6 Å². The third-order valence-electron chi connectivity index (χ3n) is 5.29. The number of rotatable bonds is 8. The number of ether oxygens (including phenoxy) is 1. The molecule has 0 N–H and O–H groups in total. The molecule has 1 fully saturated rings. The van der Waals surface area contributed by atoms with Crippen LogP contribution in [0.5, 0.6) is 0 Å².